The molecule has 2 rings (SSSR count). The molecular formula is C11H11ClN4O2S. The summed E-state index contributed by atoms with van der Waals surface area (Å²) < 4.78 is 26.8. The molecule has 0 spiro atoms. The number of nitrogens with one attached hydrogen (secondary N) is 1. The Balaban J connectivity index is 2.41. The summed E-state index contributed by atoms with van der Waals surface area (Å²) >= 11 is 5.67. The van der Waals surface area contributed by atoms with Gasteiger partial charge in [-0.2, -0.15) is 0 Å². The van der Waals surface area contributed by atoms with Crippen molar-refractivity contribution in [2.45, 2.75) is 11.8 Å². The number of sulfonamides is 1. The Morgan fingerprint density at radius 2 is 2.05 bits per heavy atom. The number of nitrogens with zero attached hydrogens (tertiary/aromatic N) is 2. The van der Waals surface area contributed by atoms with Gasteiger partial charge in [-0.1, -0.05) is 17.7 Å². The lowest BCUT2D eigenvalue weighted by atomic mass is 10.2. The van der Waals surface area contributed by atoms with Crippen molar-refractivity contribution in [1.29, 1.82) is 0 Å². The number of hydrogen-bond donors (Lipinski definition) is 2. The summed E-state index contributed by atoms with van der Waals surface area (Å²) in [5.74, 6) is 0.0989. The van der Waals surface area contributed by atoms with Crippen molar-refractivity contribution < 1.29 is 8.42 Å². The average molecular weight is 299 g/mol. The highest BCUT2D eigenvalue weighted by Crippen LogP contribution is 2.22. The highest BCUT2D eigenvalue weighted by Gasteiger charge is 2.18. The molecule has 19 heavy (non-hydrogen) atoms. The summed E-state index contributed by atoms with van der Waals surface area (Å²) in [4.78, 5) is 7.56. The second-order valence-electron chi connectivity index (χ2n) is 3.80. The van der Waals surface area contributed by atoms with Gasteiger partial charge in [0.25, 0.3) is 10.0 Å². The molecule has 8 heteroatoms. The largest absolute Gasteiger partial charge is 0.398 e. The fourth-order valence-corrected chi connectivity index (χ4v) is 2.93. The van der Waals surface area contributed by atoms with Crippen LogP contribution in [0.2, 0.25) is 5.15 Å². The van der Waals surface area contributed by atoms with Crippen LogP contribution in [0.15, 0.2) is 35.5 Å². The van der Waals surface area contributed by atoms with Crippen LogP contribution in [-0.2, 0) is 10.0 Å². The smallest absolute Gasteiger partial charge is 0.263 e. The van der Waals surface area contributed by atoms with Crippen LogP contribution in [-0.4, -0.2) is 18.4 Å². The van der Waals surface area contributed by atoms with Crippen molar-refractivity contribution in [2.75, 3.05) is 10.5 Å². The van der Waals surface area contributed by atoms with Crippen LogP contribution in [0.3, 0.4) is 0 Å². The van der Waals surface area contributed by atoms with Gasteiger partial charge in [0.05, 0.1) is 4.90 Å². The second kappa shape index (κ2) is 5.02. The first-order valence-electron chi connectivity index (χ1n) is 5.25. The standard InChI is InChI=1S/C11H11ClN4O2S/c1-7-8(13)3-2-4-9(7)19(17,18)16-11-5-10(12)14-6-15-11/h2-6H,13H2,1H3,(H,14,15,16). The molecular weight excluding hydrogens is 288 g/mol. The van der Waals surface area contributed by atoms with Crippen molar-refractivity contribution >= 4 is 33.1 Å². The van der Waals surface area contributed by atoms with Gasteiger partial charge in [0.15, 0.2) is 0 Å². The first-order chi connectivity index (χ1) is 8.90. The molecule has 2 aromatic rings. The zero-order valence-corrected chi connectivity index (χ0v) is 11.5. The molecule has 1 aromatic heterocycles. The van der Waals surface area contributed by atoms with Gasteiger partial charge in [-0.3, -0.25) is 4.72 Å². The van der Waals surface area contributed by atoms with Gasteiger partial charge in [-0.15, -0.1) is 0 Å². The monoisotopic (exact) mass is 298 g/mol. The van der Waals surface area contributed by atoms with Crippen molar-refractivity contribution in [1.82, 2.24) is 9.97 Å². The number of rotatable bonds is 3. The van der Waals surface area contributed by atoms with Crippen molar-refractivity contribution in [2.24, 2.45) is 0 Å². The number of benzene rings is 1. The van der Waals surface area contributed by atoms with E-state index in [4.69, 9.17) is 17.3 Å². The van der Waals surface area contributed by atoms with E-state index in [1.807, 2.05) is 0 Å². The molecule has 3 N–H and O–H groups in total. The maximum absolute atomic E-state index is 12.2. The van der Waals surface area contributed by atoms with Gasteiger partial charge >= 0.3 is 0 Å². The van der Waals surface area contributed by atoms with Crippen LogP contribution in [0.25, 0.3) is 0 Å². The van der Waals surface area contributed by atoms with Gasteiger partial charge in [-0.25, -0.2) is 18.4 Å². The number of nitrogen functional groups attached to an aromatic ring is 1. The fourth-order valence-electron chi connectivity index (χ4n) is 1.50. The number of hydrogen-bond acceptors (Lipinski definition) is 5. The van der Waals surface area contributed by atoms with E-state index in [1.165, 1.54) is 18.5 Å². The molecule has 0 atom stereocenters. The Hall–Kier alpha value is -1.86. The average Bonchev–Trinajstić information content (AvgIpc) is 2.32. The Kier molecular flexibility index (Phi) is 3.59. The van der Waals surface area contributed by atoms with E-state index >= 15 is 0 Å². The molecule has 6 nitrogen and oxygen atoms in total. The quantitative estimate of drug-likeness (QED) is 0.665. The highest BCUT2D eigenvalue weighted by molar-refractivity contribution is 7.92. The van der Waals surface area contributed by atoms with E-state index in [9.17, 15) is 8.42 Å². The minimum Gasteiger partial charge on any atom is -0.398 e. The SMILES string of the molecule is Cc1c(N)cccc1S(=O)(=O)Nc1cc(Cl)ncn1. The minimum atomic E-state index is -3.76. The van der Waals surface area contributed by atoms with Gasteiger partial charge < -0.3 is 5.73 Å². The van der Waals surface area contributed by atoms with Crippen LogP contribution in [0, 0.1) is 6.92 Å². The molecule has 0 saturated heterocycles. The third kappa shape index (κ3) is 2.94. The van der Waals surface area contributed by atoms with Gasteiger partial charge in [0.1, 0.15) is 17.3 Å². The Labute approximate surface area is 115 Å². The van der Waals surface area contributed by atoms with Crippen LogP contribution >= 0.6 is 11.6 Å². The fraction of sp³-hybridized carbons (Fsp3) is 0.0909. The van der Waals surface area contributed by atoms with E-state index in [0.29, 0.717) is 11.3 Å². The van der Waals surface area contributed by atoms with Crippen molar-refractivity contribution in [3.63, 3.8) is 0 Å². The zero-order chi connectivity index (χ0) is 14.0. The number of aromatic nitrogens is 2. The molecule has 0 bridgehead atoms. The zero-order valence-electron chi connectivity index (χ0n) is 9.96. The molecule has 0 aliphatic rings. The molecule has 1 heterocycles. The van der Waals surface area contributed by atoms with E-state index in [1.54, 1.807) is 19.1 Å². The molecule has 0 fully saturated rings. The van der Waals surface area contributed by atoms with E-state index in [2.05, 4.69) is 14.7 Å². The summed E-state index contributed by atoms with van der Waals surface area (Å²) in [6.07, 6.45) is 1.17. The molecule has 0 unspecified atom stereocenters. The molecule has 1 aromatic carbocycles. The van der Waals surface area contributed by atoms with Crippen LogP contribution < -0.4 is 10.5 Å². The topological polar surface area (TPSA) is 98.0 Å². The number of anilines is 2. The summed E-state index contributed by atoms with van der Waals surface area (Å²) in [7, 11) is -3.76. The molecule has 0 saturated carbocycles. The minimum absolute atomic E-state index is 0.0989. The summed E-state index contributed by atoms with van der Waals surface area (Å²) in [6.45, 7) is 1.64. The maximum Gasteiger partial charge on any atom is 0.263 e. The first-order valence-corrected chi connectivity index (χ1v) is 7.12. The maximum atomic E-state index is 12.2. The molecule has 100 valence electrons. The lowest BCUT2D eigenvalue weighted by molar-refractivity contribution is 0.600. The Bertz CT molecular complexity index is 718. The molecule has 0 radical (unpaired) electrons. The van der Waals surface area contributed by atoms with Crippen molar-refractivity contribution in [3.8, 4) is 0 Å². The van der Waals surface area contributed by atoms with E-state index in [-0.39, 0.29) is 15.9 Å². The summed E-state index contributed by atoms with van der Waals surface area (Å²) in [5.41, 5.74) is 6.58. The molecule has 0 aliphatic carbocycles. The van der Waals surface area contributed by atoms with Crippen molar-refractivity contribution in [3.05, 3.63) is 41.3 Å². The first kappa shape index (κ1) is 13.6. The van der Waals surface area contributed by atoms with Gasteiger partial charge in [0, 0.05) is 11.8 Å². The van der Waals surface area contributed by atoms with E-state index < -0.39 is 10.0 Å². The van der Waals surface area contributed by atoms with Crippen LogP contribution in [0.1, 0.15) is 5.56 Å². The molecule has 0 amide bonds. The Morgan fingerprint density at radius 1 is 1.32 bits per heavy atom. The van der Waals surface area contributed by atoms with E-state index in [0.717, 1.165) is 0 Å². The predicted octanol–water partition coefficient (Wildman–Crippen LogP) is 1.82. The second-order valence-corrected chi connectivity index (χ2v) is 5.84. The Morgan fingerprint density at radius 3 is 2.74 bits per heavy atom. The van der Waals surface area contributed by atoms with Gasteiger partial charge in [-0.05, 0) is 24.6 Å². The van der Waals surface area contributed by atoms with Crippen LogP contribution in [0.5, 0.6) is 0 Å². The summed E-state index contributed by atoms with van der Waals surface area (Å²) in [5, 5.41) is 0.150. The molecule has 0 aliphatic heterocycles. The predicted molar refractivity (Wildman–Crippen MR) is 73.4 cm³/mol. The third-order valence-corrected chi connectivity index (χ3v) is 4.19. The lowest BCUT2D eigenvalue weighted by Crippen LogP contribution is -2.15. The highest BCUT2D eigenvalue weighted by atomic mass is 35.5. The van der Waals surface area contributed by atoms with Gasteiger partial charge in [0.2, 0.25) is 0 Å². The lowest BCUT2D eigenvalue weighted by Gasteiger charge is -2.10. The number of halogens is 1. The normalized spacial score (nSPS) is 11.3. The summed E-state index contributed by atoms with van der Waals surface area (Å²) in [6, 6.07) is 6.00. The van der Waals surface area contributed by atoms with Crippen LogP contribution in [0.4, 0.5) is 11.5 Å². The third-order valence-electron chi connectivity index (χ3n) is 2.49. The number of nitrogens with two attached hydrogens (primary N) is 1.